The van der Waals surface area contributed by atoms with Gasteiger partial charge in [0.1, 0.15) is 17.8 Å². The van der Waals surface area contributed by atoms with Gasteiger partial charge in [0, 0.05) is 0 Å². The number of carboxylic acid groups (broad SMARTS) is 1. The summed E-state index contributed by atoms with van der Waals surface area (Å²) < 4.78 is 48.8. The third-order valence-corrected chi connectivity index (χ3v) is 1.86. The third-order valence-electron chi connectivity index (χ3n) is 1.86. The zero-order valence-electron chi connectivity index (χ0n) is 8.71. The van der Waals surface area contributed by atoms with Gasteiger partial charge in [-0.25, -0.2) is 9.18 Å². The van der Waals surface area contributed by atoms with E-state index in [0.29, 0.717) is 0 Å². The fourth-order valence-electron chi connectivity index (χ4n) is 1.22. The molecule has 8 heteroatoms. The smallest absolute Gasteiger partial charge is 0.397 e. The molecule has 0 aromatic heterocycles. The minimum absolute atomic E-state index is 0.517. The van der Waals surface area contributed by atoms with E-state index < -0.39 is 41.5 Å². The van der Waals surface area contributed by atoms with Crippen molar-refractivity contribution in [3.63, 3.8) is 0 Å². The van der Waals surface area contributed by atoms with Gasteiger partial charge in [0.05, 0.1) is 5.69 Å². The fraction of sp³-hybridized carbons (Fsp3) is 0.200. The number of carbonyl (C=O) groups is 2. The first-order valence-corrected chi connectivity index (χ1v) is 4.59. The zero-order valence-corrected chi connectivity index (χ0v) is 8.71. The maximum absolute atomic E-state index is 13.1. The van der Waals surface area contributed by atoms with Gasteiger partial charge in [-0.2, -0.15) is 13.2 Å². The van der Waals surface area contributed by atoms with E-state index in [1.165, 1.54) is 0 Å². The number of anilines is 1. The van der Waals surface area contributed by atoms with Gasteiger partial charge in [-0.15, -0.1) is 0 Å². The Balaban J connectivity index is 2.95. The van der Waals surface area contributed by atoms with Crippen LogP contribution in [0.2, 0.25) is 0 Å². The molecule has 1 amide bonds. The number of halogens is 4. The van der Waals surface area contributed by atoms with Crippen molar-refractivity contribution in [1.82, 2.24) is 0 Å². The van der Waals surface area contributed by atoms with Crippen molar-refractivity contribution in [2.45, 2.75) is 12.6 Å². The molecule has 0 unspecified atom stereocenters. The van der Waals surface area contributed by atoms with Crippen LogP contribution >= 0.6 is 0 Å². The second-order valence-electron chi connectivity index (χ2n) is 3.31. The Hall–Kier alpha value is -2.12. The van der Waals surface area contributed by atoms with Crippen LogP contribution in [0.4, 0.5) is 23.2 Å². The van der Waals surface area contributed by atoms with E-state index in [-0.39, 0.29) is 0 Å². The summed E-state index contributed by atoms with van der Waals surface area (Å²) in [6, 6.07) is 2.90. The van der Waals surface area contributed by atoms with Gasteiger partial charge in [0.15, 0.2) is 0 Å². The van der Waals surface area contributed by atoms with Crippen LogP contribution < -0.4 is 5.32 Å². The standard InChI is InChI=1S/C10H7F4NO3/c11-5-2-1-3-6(8(5)9(17)18)15-7(16)4-10(12,13)14/h1-3H,4H2,(H,15,16)(H,17,18). The Morgan fingerprint density at radius 3 is 2.39 bits per heavy atom. The number of carboxylic acids is 1. The predicted octanol–water partition coefficient (Wildman–Crippen LogP) is 2.41. The Labute approximate surface area is 98.2 Å². The lowest BCUT2D eigenvalue weighted by molar-refractivity contribution is -0.150. The highest BCUT2D eigenvalue weighted by Crippen LogP contribution is 2.23. The number of hydrogen-bond acceptors (Lipinski definition) is 2. The lowest BCUT2D eigenvalue weighted by Crippen LogP contribution is -2.22. The van der Waals surface area contributed by atoms with Crippen molar-refractivity contribution in [2.24, 2.45) is 0 Å². The molecule has 0 spiro atoms. The predicted molar refractivity (Wildman–Crippen MR) is 52.7 cm³/mol. The molecule has 0 radical (unpaired) electrons. The van der Waals surface area contributed by atoms with Gasteiger partial charge >= 0.3 is 12.1 Å². The second kappa shape index (κ2) is 5.03. The molecule has 18 heavy (non-hydrogen) atoms. The van der Waals surface area contributed by atoms with E-state index in [2.05, 4.69) is 0 Å². The summed E-state index contributed by atoms with van der Waals surface area (Å²) in [4.78, 5) is 21.7. The molecule has 0 aliphatic rings. The van der Waals surface area contributed by atoms with Crippen molar-refractivity contribution >= 4 is 17.6 Å². The fourth-order valence-corrected chi connectivity index (χ4v) is 1.22. The number of aromatic carboxylic acids is 1. The molecule has 0 fully saturated rings. The summed E-state index contributed by atoms with van der Waals surface area (Å²) in [5, 5.41) is 10.4. The SMILES string of the molecule is O=C(CC(F)(F)F)Nc1cccc(F)c1C(=O)O. The molecule has 0 saturated carbocycles. The Kier molecular flexibility index (Phi) is 3.89. The summed E-state index contributed by atoms with van der Waals surface area (Å²) in [7, 11) is 0. The first-order chi connectivity index (χ1) is 8.20. The van der Waals surface area contributed by atoms with Crippen molar-refractivity contribution in [3.8, 4) is 0 Å². The number of carbonyl (C=O) groups excluding carboxylic acids is 1. The molecule has 0 bridgehead atoms. The van der Waals surface area contributed by atoms with E-state index in [4.69, 9.17) is 5.11 Å². The quantitative estimate of drug-likeness (QED) is 0.825. The van der Waals surface area contributed by atoms with Gasteiger partial charge in [0.25, 0.3) is 0 Å². The zero-order chi connectivity index (χ0) is 13.9. The average molecular weight is 265 g/mol. The molecule has 0 atom stereocenters. The van der Waals surface area contributed by atoms with Gasteiger partial charge in [-0.05, 0) is 12.1 Å². The largest absolute Gasteiger partial charge is 0.478 e. The van der Waals surface area contributed by atoms with E-state index in [1.54, 1.807) is 5.32 Å². The van der Waals surface area contributed by atoms with E-state index in [9.17, 15) is 27.2 Å². The van der Waals surface area contributed by atoms with Crippen LogP contribution in [0.5, 0.6) is 0 Å². The van der Waals surface area contributed by atoms with Crippen LogP contribution in [0.1, 0.15) is 16.8 Å². The van der Waals surface area contributed by atoms with Crippen LogP contribution in [0.25, 0.3) is 0 Å². The summed E-state index contributed by atoms with van der Waals surface area (Å²) >= 11 is 0. The average Bonchev–Trinajstić information content (AvgIpc) is 2.13. The molecule has 0 saturated heterocycles. The molecule has 98 valence electrons. The number of rotatable bonds is 3. The summed E-state index contributed by atoms with van der Waals surface area (Å²) in [6.45, 7) is 0. The lowest BCUT2D eigenvalue weighted by atomic mass is 10.1. The molecular weight excluding hydrogens is 258 g/mol. The molecular formula is C10H7F4NO3. The Bertz CT molecular complexity index is 485. The highest BCUT2D eigenvalue weighted by Gasteiger charge is 2.31. The second-order valence-corrected chi connectivity index (χ2v) is 3.31. The summed E-state index contributed by atoms with van der Waals surface area (Å²) in [5.74, 6) is -4.29. The molecule has 0 heterocycles. The monoisotopic (exact) mass is 265 g/mol. The van der Waals surface area contributed by atoms with Crippen LogP contribution in [-0.4, -0.2) is 23.2 Å². The highest BCUT2D eigenvalue weighted by atomic mass is 19.4. The van der Waals surface area contributed by atoms with Crippen LogP contribution in [-0.2, 0) is 4.79 Å². The van der Waals surface area contributed by atoms with Crippen molar-refractivity contribution in [2.75, 3.05) is 5.32 Å². The lowest BCUT2D eigenvalue weighted by Gasteiger charge is -2.10. The van der Waals surface area contributed by atoms with Crippen molar-refractivity contribution in [1.29, 1.82) is 0 Å². The number of benzene rings is 1. The molecule has 0 aliphatic heterocycles. The van der Waals surface area contributed by atoms with E-state index >= 15 is 0 Å². The number of nitrogens with one attached hydrogen (secondary N) is 1. The van der Waals surface area contributed by atoms with Crippen LogP contribution in [0, 0.1) is 5.82 Å². The first-order valence-electron chi connectivity index (χ1n) is 4.59. The van der Waals surface area contributed by atoms with Crippen molar-refractivity contribution in [3.05, 3.63) is 29.6 Å². The summed E-state index contributed by atoms with van der Waals surface area (Å²) in [6.07, 6.45) is -6.50. The normalized spacial score (nSPS) is 11.1. The molecule has 1 aromatic rings. The van der Waals surface area contributed by atoms with Gasteiger partial charge in [0.2, 0.25) is 5.91 Å². The van der Waals surface area contributed by atoms with Crippen LogP contribution in [0.15, 0.2) is 18.2 Å². The molecule has 0 aliphatic carbocycles. The highest BCUT2D eigenvalue weighted by molar-refractivity contribution is 6.00. The first kappa shape index (κ1) is 13.9. The Morgan fingerprint density at radius 2 is 1.89 bits per heavy atom. The van der Waals surface area contributed by atoms with Gasteiger partial charge < -0.3 is 10.4 Å². The van der Waals surface area contributed by atoms with Crippen LogP contribution in [0.3, 0.4) is 0 Å². The maximum atomic E-state index is 13.1. The van der Waals surface area contributed by atoms with Gasteiger partial charge in [-0.1, -0.05) is 6.07 Å². The number of amides is 1. The minimum Gasteiger partial charge on any atom is -0.478 e. The third kappa shape index (κ3) is 3.72. The van der Waals surface area contributed by atoms with E-state index in [1.807, 2.05) is 0 Å². The van der Waals surface area contributed by atoms with Gasteiger partial charge in [-0.3, -0.25) is 4.79 Å². The molecule has 2 N–H and O–H groups in total. The number of alkyl halides is 3. The number of hydrogen-bond donors (Lipinski definition) is 2. The van der Waals surface area contributed by atoms with Crippen molar-refractivity contribution < 1.29 is 32.3 Å². The maximum Gasteiger partial charge on any atom is 0.397 e. The molecule has 1 aromatic carbocycles. The summed E-state index contributed by atoms with van der Waals surface area (Å²) in [5.41, 5.74) is -1.40. The Morgan fingerprint density at radius 1 is 1.28 bits per heavy atom. The van der Waals surface area contributed by atoms with E-state index in [0.717, 1.165) is 18.2 Å². The molecule has 1 rings (SSSR count). The topological polar surface area (TPSA) is 66.4 Å². The minimum atomic E-state index is -4.72. The molecule has 4 nitrogen and oxygen atoms in total.